The first-order valence-electron chi connectivity index (χ1n) is 8.65. The van der Waals surface area contributed by atoms with E-state index in [9.17, 15) is 9.59 Å². The number of nitrogens with zero attached hydrogens (tertiary/aromatic N) is 4. The van der Waals surface area contributed by atoms with Crippen molar-refractivity contribution in [2.24, 2.45) is 0 Å². The Hall–Kier alpha value is -2.18. The van der Waals surface area contributed by atoms with Crippen LogP contribution in [0.5, 0.6) is 0 Å². The Morgan fingerprint density at radius 2 is 1.88 bits per heavy atom. The summed E-state index contributed by atoms with van der Waals surface area (Å²) in [6.07, 6.45) is 3.21. The maximum atomic E-state index is 12.3. The van der Waals surface area contributed by atoms with Crippen molar-refractivity contribution in [3.8, 4) is 0 Å². The van der Waals surface area contributed by atoms with Crippen molar-refractivity contribution in [3.05, 3.63) is 17.5 Å². The number of carbonyl (C=O) groups excluding carboxylic acids is 2. The molecule has 7 heteroatoms. The van der Waals surface area contributed by atoms with Crippen LogP contribution < -0.4 is 10.2 Å². The van der Waals surface area contributed by atoms with Crippen molar-refractivity contribution in [1.29, 1.82) is 0 Å². The minimum absolute atomic E-state index is 0.0898. The number of aryl methyl sites for hydroxylation is 1. The van der Waals surface area contributed by atoms with E-state index >= 15 is 0 Å². The van der Waals surface area contributed by atoms with Gasteiger partial charge in [0, 0.05) is 45.3 Å². The van der Waals surface area contributed by atoms with E-state index in [1.165, 1.54) is 0 Å². The Labute approximate surface area is 143 Å². The fraction of sp³-hybridized carbons (Fsp3) is 0.647. The zero-order valence-corrected chi connectivity index (χ0v) is 14.8. The summed E-state index contributed by atoms with van der Waals surface area (Å²) in [7, 11) is 0. The predicted octanol–water partition coefficient (Wildman–Crippen LogP) is 1.37. The third-order valence-corrected chi connectivity index (χ3v) is 4.15. The van der Waals surface area contributed by atoms with Crippen LogP contribution in [0.2, 0.25) is 0 Å². The van der Waals surface area contributed by atoms with E-state index in [1.807, 2.05) is 16.7 Å². The van der Waals surface area contributed by atoms with Crippen molar-refractivity contribution in [1.82, 2.24) is 20.2 Å². The Morgan fingerprint density at radius 1 is 1.17 bits per heavy atom. The van der Waals surface area contributed by atoms with Crippen LogP contribution in [-0.2, 0) is 4.79 Å². The summed E-state index contributed by atoms with van der Waals surface area (Å²) in [5, 5.41) is 2.91. The van der Waals surface area contributed by atoms with E-state index in [-0.39, 0.29) is 11.8 Å². The Bertz CT molecular complexity index is 582. The summed E-state index contributed by atoms with van der Waals surface area (Å²) in [5.74, 6) is 0.504. The maximum Gasteiger partial charge on any atom is 0.270 e. The molecule has 0 atom stereocenters. The third-order valence-electron chi connectivity index (χ3n) is 4.15. The standard InChI is InChI=1S/C17H27N5O2/c1-4-5-6-7-18-16(24)15-12-13(2)19-17(20-15)22-10-8-21(9-11-22)14(3)23/h12H,4-11H2,1-3H3,(H,18,24). The first-order valence-corrected chi connectivity index (χ1v) is 8.65. The van der Waals surface area contributed by atoms with Crippen LogP contribution in [0, 0.1) is 6.92 Å². The minimum Gasteiger partial charge on any atom is -0.351 e. The van der Waals surface area contributed by atoms with Gasteiger partial charge in [-0.1, -0.05) is 19.8 Å². The van der Waals surface area contributed by atoms with Crippen LogP contribution in [0.1, 0.15) is 49.3 Å². The molecule has 1 fully saturated rings. The van der Waals surface area contributed by atoms with Crippen molar-refractivity contribution < 1.29 is 9.59 Å². The molecule has 24 heavy (non-hydrogen) atoms. The normalized spacial score (nSPS) is 14.6. The maximum absolute atomic E-state index is 12.3. The summed E-state index contributed by atoms with van der Waals surface area (Å²) in [4.78, 5) is 36.4. The second-order valence-electron chi connectivity index (χ2n) is 6.15. The molecule has 1 aliphatic rings. The summed E-state index contributed by atoms with van der Waals surface area (Å²) < 4.78 is 0. The average molecular weight is 333 g/mol. The van der Waals surface area contributed by atoms with Crippen molar-refractivity contribution in [2.75, 3.05) is 37.6 Å². The number of nitrogens with one attached hydrogen (secondary N) is 1. The first-order chi connectivity index (χ1) is 11.5. The molecule has 2 rings (SSSR count). The molecule has 1 N–H and O–H groups in total. The lowest BCUT2D eigenvalue weighted by atomic mass is 10.2. The van der Waals surface area contributed by atoms with E-state index in [0.29, 0.717) is 44.4 Å². The number of aromatic nitrogens is 2. The third kappa shape index (κ3) is 4.91. The molecule has 1 aromatic rings. The zero-order valence-electron chi connectivity index (χ0n) is 14.8. The summed E-state index contributed by atoms with van der Waals surface area (Å²) in [6.45, 7) is 8.93. The first kappa shape index (κ1) is 18.2. The van der Waals surface area contributed by atoms with Gasteiger partial charge in [-0.15, -0.1) is 0 Å². The van der Waals surface area contributed by atoms with Gasteiger partial charge in [0.05, 0.1) is 0 Å². The topological polar surface area (TPSA) is 78.4 Å². The minimum atomic E-state index is -0.153. The molecule has 0 unspecified atom stereocenters. The van der Waals surface area contributed by atoms with Gasteiger partial charge in [-0.05, 0) is 19.4 Å². The molecule has 1 aromatic heterocycles. The fourth-order valence-corrected chi connectivity index (χ4v) is 2.70. The number of rotatable bonds is 6. The van der Waals surface area contributed by atoms with Gasteiger partial charge >= 0.3 is 0 Å². The Morgan fingerprint density at radius 3 is 2.50 bits per heavy atom. The number of unbranched alkanes of at least 4 members (excludes halogenated alkanes) is 2. The predicted molar refractivity (Wildman–Crippen MR) is 93.1 cm³/mol. The molecule has 132 valence electrons. The van der Waals surface area contributed by atoms with E-state index in [4.69, 9.17) is 0 Å². The molecular weight excluding hydrogens is 306 g/mol. The van der Waals surface area contributed by atoms with Gasteiger partial charge in [0.15, 0.2) is 0 Å². The molecule has 0 aromatic carbocycles. The van der Waals surface area contributed by atoms with Crippen molar-refractivity contribution in [3.63, 3.8) is 0 Å². The molecule has 1 saturated heterocycles. The molecule has 0 bridgehead atoms. The van der Waals surface area contributed by atoms with Gasteiger partial charge in [0.1, 0.15) is 5.69 Å². The lowest BCUT2D eigenvalue weighted by Crippen LogP contribution is -2.48. The van der Waals surface area contributed by atoms with E-state index in [2.05, 4.69) is 22.2 Å². The van der Waals surface area contributed by atoms with Crippen LogP contribution in [0.15, 0.2) is 6.07 Å². The molecule has 7 nitrogen and oxygen atoms in total. The highest BCUT2D eigenvalue weighted by atomic mass is 16.2. The zero-order chi connectivity index (χ0) is 17.5. The lowest BCUT2D eigenvalue weighted by molar-refractivity contribution is -0.129. The second kappa shape index (κ2) is 8.61. The van der Waals surface area contributed by atoms with Crippen molar-refractivity contribution >= 4 is 17.8 Å². The highest BCUT2D eigenvalue weighted by Gasteiger charge is 2.21. The van der Waals surface area contributed by atoms with Crippen LogP contribution in [0.4, 0.5) is 5.95 Å². The molecule has 0 saturated carbocycles. The van der Waals surface area contributed by atoms with Gasteiger partial charge < -0.3 is 15.1 Å². The van der Waals surface area contributed by atoms with E-state index in [0.717, 1.165) is 25.0 Å². The molecule has 2 heterocycles. The van der Waals surface area contributed by atoms with E-state index < -0.39 is 0 Å². The van der Waals surface area contributed by atoms with Crippen molar-refractivity contribution in [2.45, 2.75) is 40.0 Å². The Kier molecular flexibility index (Phi) is 6.52. The lowest BCUT2D eigenvalue weighted by Gasteiger charge is -2.34. The second-order valence-corrected chi connectivity index (χ2v) is 6.15. The highest BCUT2D eigenvalue weighted by molar-refractivity contribution is 5.92. The molecular formula is C17H27N5O2. The van der Waals surface area contributed by atoms with Gasteiger partial charge in [0.2, 0.25) is 11.9 Å². The number of carbonyl (C=O) groups is 2. The monoisotopic (exact) mass is 333 g/mol. The molecule has 2 amide bonds. The Balaban J connectivity index is 2.00. The van der Waals surface area contributed by atoms with Gasteiger partial charge in [-0.25, -0.2) is 9.97 Å². The number of hydrogen-bond acceptors (Lipinski definition) is 5. The van der Waals surface area contributed by atoms with Gasteiger partial charge in [0.25, 0.3) is 5.91 Å². The molecule has 0 aliphatic carbocycles. The fourth-order valence-electron chi connectivity index (χ4n) is 2.70. The number of hydrogen-bond donors (Lipinski definition) is 1. The molecule has 0 spiro atoms. The van der Waals surface area contributed by atoms with Gasteiger partial charge in [-0.2, -0.15) is 0 Å². The largest absolute Gasteiger partial charge is 0.351 e. The quantitative estimate of drug-likeness (QED) is 0.796. The van der Waals surface area contributed by atoms with Crippen LogP contribution in [-0.4, -0.2) is 59.4 Å². The summed E-state index contributed by atoms with van der Waals surface area (Å²) in [6, 6.07) is 1.71. The summed E-state index contributed by atoms with van der Waals surface area (Å²) in [5.41, 5.74) is 1.18. The highest BCUT2D eigenvalue weighted by Crippen LogP contribution is 2.13. The van der Waals surface area contributed by atoms with Crippen LogP contribution >= 0.6 is 0 Å². The number of amides is 2. The van der Waals surface area contributed by atoms with E-state index in [1.54, 1.807) is 13.0 Å². The smallest absolute Gasteiger partial charge is 0.270 e. The average Bonchev–Trinajstić information content (AvgIpc) is 2.58. The van der Waals surface area contributed by atoms with Crippen LogP contribution in [0.3, 0.4) is 0 Å². The van der Waals surface area contributed by atoms with Crippen LogP contribution in [0.25, 0.3) is 0 Å². The SMILES string of the molecule is CCCCCNC(=O)c1cc(C)nc(N2CCN(C(C)=O)CC2)n1. The molecule has 1 aliphatic heterocycles. The van der Waals surface area contributed by atoms with Gasteiger partial charge in [-0.3, -0.25) is 9.59 Å². The number of piperazine rings is 1. The number of anilines is 1. The summed E-state index contributed by atoms with van der Waals surface area (Å²) >= 11 is 0. The molecule has 0 radical (unpaired) electrons.